The van der Waals surface area contributed by atoms with Gasteiger partial charge in [-0.2, -0.15) is 0 Å². The largest absolute Gasteiger partial charge is 0.370 e. The van der Waals surface area contributed by atoms with E-state index in [1.54, 1.807) is 6.20 Å². The SMILES string of the molecule is CN(Cc1ccccc1)c1ccnc(CN)c1. The lowest BCUT2D eigenvalue weighted by atomic mass is 10.2. The number of benzene rings is 1. The molecule has 17 heavy (non-hydrogen) atoms. The summed E-state index contributed by atoms with van der Waals surface area (Å²) in [5.41, 5.74) is 8.94. The van der Waals surface area contributed by atoms with Crippen molar-refractivity contribution in [2.75, 3.05) is 11.9 Å². The molecular weight excluding hydrogens is 210 g/mol. The molecule has 0 aliphatic carbocycles. The van der Waals surface area contributed by atoms with Crippen LogP contribution < -0.4 is 10.6 Å². The van der Waals surface area contributed by atoms with E-state index in [0.29, 0.717) is 6.54 Å². The van der Waals surface area contributed by atoms with Crippen LogP contribution in [0.5, 0.6) is 0 Å². The van der Waals surface area contributed by atoms with Gasteiger partial charge in [0.25, 0.3) is 0 Å². The number of nitrogens with two attached hydrogens (primary N) is 1. The van der Waals surface area contributed by atoms with Crippen molar-refractivity contribution in [2.45, 2.75) is 13.1 Å². The van der Waals surface area contributed by atoms with E-state index in [1.165, 1.54) is 5.56 Å². The molecule has 88 valence electrons. The molecular formula is C14H17N3. The van der Waals surface area contributed by atoms with Gasteiger partial charge in [-0.05, 0) is 17.7 Å². The zero-order valence-corrected chi connectivity index (χ0v) is 10.0. The highest BCUT2D eigenvalue weighted by Crippen LogP contribution is 2.15. The first-order chi connectivity index (χ1) is 8.29. The standard InChI is InChI=1S/C14H17N3/c1-17(11-12-5-3-2-4-6-12)14-7-8-16-13(9-14)10-15/h2-9H,10-11,15H2,1H3. The molecule has 0 saturated heterocycles. The summed E-state index contributed by atoms with van der Waals surface area (Å²) in [6.07, 6.45) is 1.80. The Morgan fingerprint density at radius 3 is 2.65 bits per heavy atom. The monoisotopic (exact) mass is 227 g/mol. The maximum Gasteiger partial charge on any atom is 0.0560 e. The van der Waals surface area contributed by atoms with Gasteiger partial charge in [-0.1, -0.05) is 30.3 Å². The first-order valence-corrected chi connectivity index (χ1v) is 5.69. The molecule has 0 saturated carbocycles. The van der Waals surface area contributed by atoms with Crippen LogP contribution >= 0.6 is 0 Å². The molecule has 1 aromatic heterocycles. The Bertz CT molecular complexity index is 468. The summed E-state index contributed by atoms with van der Waals surface area (Å²) in [6.45, 7) is 1.36. The maximum atomic E-state index is 5.59. The van der Waals surface area contributed by atoms with Crippen molar-refractivity contribution in [1.82, 2.24) is 4.98 Å². The maximum absolute atomic E-state index is 5.59. The van der Waals surface area contributed by atoms with E-state index in [2.05, 4.69) is 41.2 Å². The minimum atomic E-state index is 0.479. The van der Waals surface area contributed by atoms with Crippen molar-refractivity contribution in [3.05, 3.63) is 59.9 Å². The average molecular weight is 227 g/mol. The summed E-state index contributed by atoms with van der Waals surface area (Å²) in [5, 5.41) is 0. The van der Waals surface area contributed by atoms with Crippen molar-refractivity contribution >= 4 is 5.69 Å². The van der Waals surface area contributed by atoms with E-state index in [4.69, 9.17) is 5.73 Å². The lowest BCUT2D eigenvalue weighted by molar-refractivity contribution is 0.909. The van der Waals surface area contributed by atoms with Gasteiger partial charge in [0.05, 0.1) is 5.69 Å². The third-order valence-electron chi connectivity index (χ3n) is 2.71. The van der Waals surface area contributed by atoms with E-state index < -0.39 is 0 Å². The fraction of sp³-hybridized carbons (Fsp3) is 0.214. The lowest BCUT2D eigenvalue weighted by Crippen LogP contribution is -2.16. The van der Waals surface area contributed by atoms with E-state index >= 15 is 0 Å². The van der Waals surface area contributed by atoms with Gasteiger partial charge < -0.3 is 10.6 Å². The Hall–Kier alpha value is -1.87. The van der Waals surface area contributed by atoms with Crippen LogP contribution in [0.3, 0.4) is 0 Å². The van der Waals surface area contributed by atoms with Crippen LogP contribution in [0.1, 0.15) is 11.3 Å². The first kappa shape index (κ1) is 11.6. The van der Waals surface area contributed by atoms with Crippen molar-refractivity contribution in [3.8, 4) is 0 Å². The van der Waals surface area contributed by atoms with Gasteiger partial charge in [0.15, 0.2) is 0 Å². The first-order valence-electron chi connectivity index (χ1n) is 5.69. The lowest BCUT2D eigenvalue weighted by Gasteiger charge is -2.19. The number of pyridine rings is 1. The smallest absolute Gasteiger partial charge is 0.0560 e. The fourth-order valence-electron chi connectivity index (χ4n) is 1.76. The molecule has 3 heteroatoms. The topological polar surface area (TPSA) is 42.2 Å². The zero-order chi connectivity index (χ0) is 12.1. The number of hydrogen-bond acceptors (Lipinski definition) is 3. The van der Waals surface area contributed by atoms with Crippen molar-refractivity contribution < 1.29 is 0 Å². The zero-order valence-electron chi connectivity index (χ0n) is 10.0. The van der Waals surface area contributed by atoms with E-state index in [0.717, 1.165) is 17.9 Å². The Labute approximate surface area is 102 Å². The normalized spacial score (nSPS) is 10.2. The van der Waals surface area contributed by atoms with E-state index in [9.17, 15) is 0 Å². The average Bonchev–Trinajstić information content (AvgIpc) is 2.40. The molecule has 0 amide bonds. The number of rotatable bonds is 4. The van der Waals surface area contributed by atoms with Crippen LogP contribution in [0.25, 0.3) is 0 Å². The van der Waals surface area contributed by atoms with Crippen LogP contribution in [0.4, 0.5) is 5.69 Å². The summed E-state index contributed by atoms with van der Waals surface area (Å²) < 4.78 is 0. The van der Waals surface area contributed by atoms with Crippen LogP contribution in [0.2, 0.25) is 0 Å². The predicted octanol–water partition coefficient (Wildman–Crippen LogP) is 2.18. The van der Waals surface area contributed by atoms with Gasteiger partial charge in [-0.15, -0.1) is 0 Å². The predicted molar refractivity (Wildman–Crippen MR) is 70.7 cm³/mol. The van der Waals surface area contributed by atoms with Crippen LogP contribution in [0, 0.1) is 0 Å². The van der Waals surface area contributed by atoms with Gasteiger partial charge in [-0.25, -0.2) is 0 Å². The van der Waals surface area contributed by atoms with Crippen molar-refractivity contribution in [2.24, 2.45) is 5.73 Å². The second kappa shape index (κ2) is 5.46. The molecule has 1 heterocycles. The third kappa shape index (κ3) is 3.04. The second-order valence-electron chi connectivity index (χ2n) is 4.05. The van der Waals surface area contributed by atoms with E-state index in [-0.39, 0.29) is 0 Å². The Balaban J connectivity index is 2.11. The van der Waals surface area contributed by atoms with Gasteiger partial charge in [-0.3, -0.25) is 4.98 Å². The number of anilines is 1. The highest BCUT2D eigenvalue weighted by molar-refractivity contribution is 5.46. The fourth-order valence-corrected chi connectivity index (χ4v) is 1.76. The molecule has 0 aliphatic rings. The Kier molecular flexibility index (Phi) is 3.73. The Morgan fingerprint density at radius 2 is 1.94 bits per heavy atom. The highest BCUT2D eigenvalue weighted by Gasteiger charge is 2.02. The summed E-state index contributed by atoms with van der Waals surface area (Å²) >= 11 is 0. The number of nitrogens with zero attached hydrogens (tertiary/aromatic N) is 2. The molecule has 3 nitrogen and oxygen atoms in total. The summed E-state index contributed by atoms with van der Waals surface area (Å²) in [7, 11) is 2.07. The quantitative estimate of drug-likeness (QED) is 0.870. The van der Waals surface area contributed by atoms with Crippen LogP contribution in [-0.2, 0) is 13.1 Å². The molecule has 0 atom stereocenters. The minimum absolute atomic E-state index is 0.479. The molecule has 0 bridgehead atoms. The molecule has 0 aliphatic heterocycles. The van der Waals surface area contributed by atoms with E-state index in [1.807, 2.05) is 18.2 Å². The van der Waals surface area contributed by atoms with Gasteiger partial charge in [0, 0.05) is 32.0 Å². The summed E-state index contributed by atoms with van der Waals surface area (Å²) in [4.78, 5) is 6.39. The minimum Gasteiger partial charge on any atom is -0.370 e. The molecule has 1 aromatic carbocycles. The Morgan fingerprint density at radius 1 is 1.18 bits per heavy atom. The van der Waals surface area contributed by atoms with Crippen LogP contribution in [-0.4, -0.2) is 12.0 Å². The second-order valence-corrected chi connectivity index (χ2v) is 4.05. The molecule has 0 fully saturated rings. The molecule has 0 spiro atoms. The van der Waals surface area contributed by atoms with Crippen molar-refractivity contribution in [1.29, 1.82) is 0 Å². The van der Waals surface area contributed by atoms with Gasteiger partial charge >= 0.3 is 0 Å². The van der Waals surface area contributed by atoms with Crippen LogP contribution in [0.15, 0.2) is 48.7 Å². The van der Waals surface area contributed by atoms with Gasteiger partial charge in [0.1, 0.15) is 0 Å². The molecule has 0 unspecified atom stereocenters. The highest BCUT2D eigenvalue weighted by atomic mass is 15.1. The molecule has 2 N–H and O–H groups in total. The number of aromatic nitrogens is 1. The number of hydrogen-bond donors (Lipinski definition) is 1. The third-order valence-corrected chi connectivity index (χ3v) is 2.71. The molecule has 2 rings (SSSR count). The van der Waals surface area contributed by atoms with Crippen molar-refractivity contribution in [3.63, 3.8) is 0 Å². The summed E-state index contributed by atoms with van der Waals surface area (Å²) in [6, 6.07) is 14.4. The summed E-state index contributed by atoms with van der Waals surface area (Å²) in [5.74, 6) is 0. The van der Waals surface area contributed by atoms with Gasteiger partial charge in [0.2, 0.25) is 0 Å². The molecule has 0 radical (unpaired) electrons. The molecule has 2 aromatic rings.